The Balaban J connectivity index is 1.68. The summed E-state index contributed by atoms with van der Waals surface area (Å²) < 4.78 is 40.1. The third-order valence-electron chi connectivity index (χ3n) is 12.9. The summed E-state index contributed by atoms with van der Waals surface area (Å²) in [5, 5.41) is 20.5. The first-order valence-electron chi connectivity index (χ1n) is 23.3. The molecule has 1 fully saturated rings. The number of esters is 1. The molecule has 0 aliphatic carbocycles. The van der Waals surface area contributed by atoms with Crippen LogP contribution in [0.15, 0.2) is 76.4 Å². The first kappa shape index (κ1) is 56.0. The predicted octanol–water partition coefficient (Wildman–Crippen LogP) is 6.23. The van der Waals surface area contributed by atoms with Crippen molar-refractivity contribution in [3.05, 3.63) is 98.8 Å². The number of alkyl carbamates (subject to hydrolysis) is 1. The van der Waals surface area contributed by atoms with Crippen molar-refractivity contribution >= 4 is 34.6 Å². The minimum absolute atomic E-state index is 0.0409. The van der Waals surface area contributed by atoms with E-state index in [4.69, 9.17) is 27.8 Å². The highest BCUT2D eigenvalue weighted by Gasteiger charge is 2.57. The largest absolute Gasteiger partial charge is 0.497 e. The number of methoxy groups -OCH3 is 1. The molecule has 7 atom stereocenters. The second kappa shape index (κ2) is 22.9. The van der Waals surface area contributed by atoms with Crippen molar-refractivity contribution in [3.8, 4) is 5.75 Å². The molecule has 2 aromatic carbocycles. The van der Waals surface area contributed by atoms with Crippen LogP contribution < -0.4 is 31.9 Å². The number of nitrogens with zero attached hydrogens (tertiary/aromatic N) is 2. The van der Waals surface area contributed by atoms with E-state index >= 15 is 0 Å². The van der Waals surface area contributed by atoms with Gasteiger partial charge in [-0.15, -0.1) is 0 Å². The lowest BCUT2D eigenvalue weighted by Crippen LogP contribution is -2.59. The van der Waals surface area contributed by atoms with Crippen LogP contribution in [0.25, 0.3) is 0 Å². The normalized spacial score (nSPS) is 19.4. The fraction of sp³-hybridized carbons (Fsp3) is 0.612. The first-order valence-corrected chi connectivity index (χ1v) is 29.1. The van der Waals surface area contributed by atoms with E-state index in [0.29, 0.717) is 17.7 Å². The minimum Gasteiger partial charge on any atom is -0.497 e. The van der Waals surface area contributed by atoms with Crippen molar-refractivity contribution in [2.24, 2.45) is 0 Å². The lowest BCUT2D eigenvalue weighted by molar-refractivity contribution is -0.166. The lowest BCUT2D eigenvalue weighted by Gasteiger charge is -2.44. The van der Waals surface area contributed by atoms with Gasteiger partial charge in [-0.1, -0.05) is 84.0 Å². The maximum absolute atomic E-state index is 14.6. The second-order valence-electron chi connectivity index (χ2n) is 21.5. The SMILES string of the molecule is COc1ccc(Cn2c(=O)ccn([C@@H]3OC([C@H](O)[C@H](NCCCNC(=O)[C@H](C)NC(=O)OCc4ccccc4)C(=O)OC(C)(C)C)[C@@H](O[Si](C)(C)C(C)(C)C)[C@H]3O[Si](C)(C)C(C)(C)C)c2=O)cc1. The van der Waals surface area contributed by atoms with E-state index in [1.807, 2.05) is 30.3 Å². The third kappa shape index (κ3) is 14.9. The fourth-order valence-electron chi connectivity index (χ4n) is 6.86. The number of aliphatic hydroxyl groups excluding tert-OH is 1. The quantitative estimate of drug-likeness (QED) is 0.0564. The Labute approximate surface area is 403 Å². The van der Waals surface area contributed by atoms with E-state index in [1.54, 1.807) is 52.1 Å². The summed E-state index contributed by atoms with van der Waals surface area (Å²) in [6, 6.07) is 15.2. The van der Waals surface area contributed by atoms with Gasteiger partial charge in [-0.25, -0.2) is 9.59 Å². The number of nitrogens with one attached hydrogen (secondary N) is 3. The summed E-state index contributed by atoms with van der Waals surface area (Å²) in [6.07, 6.45) is -5.17. The third-order valence-corrected chi connectivity index (χ3v) is 21.8. The van der Waals surface area contributed by atoms with E-state index in [-0.39, 0.29) is 36.3 Å². The summed E-state index contributed by atoms with van der Waals surface area (Å²) in [5.74, 6) is -0.580. The molecule has 2 heterocycles. The molecule has 68 heavy (non-hydrogen) atoms. The Bertz CT molecular complexity index is 2270. The zero-order valence-electron chi connectivity index (χ0n) is 42.8. The van der Waals surface area contributed by atoms with Gasteiger partial charge >= 0.3 is 17.8 Å². The molecule has 2 amide bonds. The number of carbonyl (C=O) groups is 3. The zero-order valence-corrected chi connectivity index (χ0v) is 44.8. The number of rotatable bonds is 20. The molecular formula is C49H77N5O12Si2. The van der Waals surface area contributed by atoms with Gasteiger partial charge in [0.15, 0.2) is 22.9 Å². The van der Waals surface area contributed by atoms with Crippen LogP contribution in [0.5, 0.6) is 5.75 Å². The molecule has 1 aliphatic heterocycles. The van der Waals surface area contributed by atoms with Gasteiger partial charge in [0.2, 0.25) is 5.91 Å². The monoisotopic (exact) mass is 984 g/mol. The lowest BCUT2D eigenvalue weighted by atomic mass is 9.99. The highest BCUT2D eigenvalue weighted by molar-refractivity contribution is 6.74. The zero-order chi connectivity index (χ0) is 51.0. The molecule has 1 aromatic heterocycles. The Morgan fingerprint density at radius 3 is 1.96 bits per heavy atom. The molecule has 1 unspecified atom stereocenters. The van der Waals surface area contributed by atoms with Gasteiger partial charge in [0, 0.05) is 18.8 Å². The second-order valence-corrected chi connectivity index (χ2v) is 31.0. The van der Waals surface area contributed by atoms with Gasteiger partial charge in [-0.3, -0.25) is 23.5 Å². The Morgan fingerprint density at radius 1 is 0.809 bits per heavy atom. The number of amides is 2. The summed E-state index contributed by atoms with van der Waals surface area (Å²) in [6.45, 7) is 27.8. The van der Waals surface area contributed by atoms with E-state index < -0.39 is 94.2 Å². The van der Waals surface area contributed by atoms with E-state index in [2.05, 4.69) is 83.7 Å². The summed E-state index contributed by atoms with van der Waals surface area (Å²) in [7, 11) is -3.93. The van der Waals surface area contributed by atoms with Gasteiger partial charge in [0.05, 0.1) is 13.7 Å². The minimum atomic E-state index is -2.75. The van der Waals surface area contributed by atoms with E-state index in [1.165, 1.54) is 23.8 Å². The number of hydrogen-bond acceptors (Lipinski definition) is 13. The van der Waals surface area contributed by atoms with Crippen molar-refractivity contribution in [3.63, 3.8) is 0 Å². The van der Waals surface area contributed by atoms with Crippen LogP contribution in [-0.4, -0.2) is 111 Å². The average Bonchev–Trinajstić information content (AvgIpc) is 3.57. The number of hydrogen-bond donors (Lipinski definition) is 4. The van der Waals surface area contributed by atoms with Crippen LogP contribution in [0, 0.1) is 0 Å². The van der Waals surface area contributed by atoms with Crippen molar-refractivity contribution in [2.75, 3.05) is 20.2 Å². The number of benzene rings is 2. The predicted molar refractivity (Wildman–Crippen MR) is 266 cm³/mol. The molecule has 19 heteroatoms. The van der Waals surface area contributed by atoms with Crippen molar-refractivity contribution in [1.29, 1.82) is 0 Å². The molecule has 17 nitrogen and oxygen atoms in total. The summed E-state index contributed by atoms with van der Waals surface area (Å²) in [5.41, 5.74) is -0.636. The summed E-state index contributed by atoms with van der Waals surface area (Å²) >= 11 is 0. The molecule has 1 aliphatic rings. The molecule has 4 rings (SSSR count). The fourth-order valence-corrected chi connectivity index (χ4v) is 9.44. The molecule has 0 bridgehead atoms. The highest BCUT2D eigenvalue weighted by atomic mass is 28.4. The number of ether oxygens (including phenoxy) is 4. The molecule has 3 aromatic rings. The van der Waals surface area contributed by atoms with Gasteiger partial charge in [-0.2, -0.15) is 0 Å². The summed E-state index contributed by atoms with van der Waals surface area (Å²) in [4.78, 5) is 67.5. The Hall–Kier alpha value is -4.64. The van der Waals surface area contributed by atoms with Crippen molar-refractivity contribution in [1.82, 2.24) is 25.1 Å². The Kier molecular flexibility index (Phi) is 18.8. The Morgan fingerprint density at radius 2 is 1.40 bits per heavy atom. The van der Waals surface area contributed by atoms with Gasteiger partial charge in [0.25, 0.3) is 5.56 Å². The molecular weight excluding hydrogens is 907 g/mol. The maximum Gasteiger partial charge on any atom is 0.408 e. The standard InChI is InChI=1S/C49H77N5O12Si2/c1-32(52-45(59)62-31-34-20-17-16-18-21-34)42(57)51-28-19-27-50-37(44(58)64-47(2,3)4)38(56)39-40(65-67(12,13)48(5,6)7)41(66-68(14,15)49(8,9)10)43(63-39)53-29-26-36(55)54(46(53)60)30-33-22-24-35(61-11)25-23-33/h16-18,20-26,29,32,37-41,43,50,56H,19,27-28,30-31H2,1-15H3,(H,51,57)(H,52,59)/t32-,37-,38+,39?,40+,41+,43+/m0/s1. The molecule has 378 valence electrons. The van der Waals surface area contributed by atoms with E-state index in [0.717, 1.165) is 10.1 Å². The van der Waals surface area contributed by atoms with Crippen LogP contribution in [0.2, 0.25) is 36.3 Å². The molecule has 4 N–H and O–H groups in total. The topological polar surface area (TPSA) is 207 Å². The van der Waals surface area contributed by atoms with E-state index in [9.17, 15) is 29.1 Å². The maximum atomic E-state index is 14.6. The number of carbonyl (C=O) groups excluding carboxylic acids is 3. The van der Waals surface area contributed by atoms with Crippen molar-refractivity contribution < 1.29 is 47.3 Å². The van der Waals surface area contributed by atoms with Gasteiger partial charge < -0.3 is 48.9 Å². The van der Waals surface area contributed by atoms with Crippen LogP contribution in [0.1, 0.15) is 93.0 Å². The number of aliphatic hydroxyl groups is 1. The molecule has 1 saturated heterocycles. The highest BCUT2D eigenvalue weighted by Crippen LogP contribution is 2.46. The smallest absolute Gasteiger partial charge is 0.408 e. The molecule has 0 spiro atoms. The number of aromatic nitrogens is 2. The van der Waals surface area contributed by atoms with Crippen molar-refractivity contribution in [2.45, 2.75) is 173 Å². The van der Waals surface area contributed by atoms with Crippen LogP contribution in [0.3, 0.4) is 0 Å². The van der Waals surface area contributed by atoms with Crippen LogP contribution >= 0.6 is 0 Å². The van der Waals surface area contributed by atoms with Gasteiger partial charge in [-0.05, 0) is 100 Å². The van der Waals surface area contributed by atoms with Gasteiger partial charge in [0.1, 0.15) is 54.5 Å². The van der Waals surface area contributed by atoms with Crippen LogP contribution in [-0.2, 0) is 45.8 Å². The average molecular weight is 984 g/mol. The molecule has 0 radical (unpaired) electrons. The molecule has 0 saturated carbocycles. The first-order chi connectivity index (χ1) is 31.5. The van der Waals surface area contributed by atoms with Crippen LogP contribution in [0.4, 0.5) is 4.79 Å².